The van der Waals surface area contributed by atoms with Gasteiger partial charge in [0.05, 0.1) is 12.2 Å². The summed E-state index contributed by atoms with van der Waals surface area (Å²) in [5, 5.41) is 0. The molecule has 0 bridgehead atoms. The minimum absolute atomic E-state index is 0.0961. The molecule has 0 aliphatic carbocycles. The van der Waals surface area contributed by atoms with Gasteiger partial charge in [-0.05, 0) is 13.8 Å². The number of allylic oxidation sites excluding steroid dienone is 2. The van der Waals surface area contributed by atoms with E-state index in [-0.39, 0.29) is 17.1 Å². The van der Waals surface area contributed by atoms with Crippen molar-refractivity contribution >= 4 is 11.6 Å². The number of carbonyl (C=O) groups is 2. The summed E-state index contributed by atoms with van der Waals surface area (Å²) in [5.74, 6) is 0.169. The van der Waals surface area contributed by atoms with E-state index in [0.29, 0.717) is 18.8 Å². The lowest BCUT2D eigenvalue weighted by molar-refractivity contribution is -0.122. The van der Waals surface area contributed by atoms with E-state index in [1.807, 2.05) is 0 Å². The van der Waals surface area contributed by atoms with Crippen LogP contribution in [0.15, 0.2) is 11.3 Å². The molecule has 0 saturated heterocycles. The van der Waals surface area contributed by atoms with Gasteiger partial charge in [0.1, 0.15) is 5.76 Å². The Morgan fingerprint density at radius 1 is 1.55 bits per heavy atom. The molecule has 0 aromatic heterocycles. The van der Waals surface area contributed by atoms with Gasteiger partial charge in [-0.15, -0.1) is 0 Å². The molecule has 0 saturated carbocycles. The monoisotopic (exact) mass is 154 g/mol. The number of ketones is 2. The van der Waals surface area contributed by atoms with Crippen LogP contribution in [0.3, 0.4) is 0 Å². The molecule has 0 atom stereocenters. The SMILES string of the molecule is CC(=O)C1=C(C)OCCC1=O. The molecule has 60 valence electrons. The fourth-order valence-electron chi connectivity index (χ4n) is 1.13. The molecule has 0 N–H and O–H groups in total. The van der Waals surface area contributed by atoms with Gasteiger partial charge in [-0.25, -0.2) is 0 Å². The third-order valence-electron chi connectivity index (χ3n) is 1.63. The second-order valence-corrected chi connectivity index (χ2v) is 2.51. The standard InChI is InChI=1S/C8H10O3/c1-5(9)8-6(2)11-4-3-7(8)10/h3-4H2,1-2H3. The first-order chi connectivity index (χ1) is 5.13. The van der Waals surface area contributed by atoms with Gasteiger partial charge < -0.3 is 4.74 Å². The molecule has 11 heavy (non-hydrogen) atoms. The van der Waals surface area contributed by atoms with Crippen molar-refractivity contribution in [2.24, 2.45) is 0 Å². The molecule has 1 heterocycles. The fraction of sp³-hybridized carbons (Fsp3) is 0.500. The number of hydrogen-bond acceptors (Lipinski definition) is 3. The van der Waals surface area contributed by atoms with Crippen LogP contribution in [0.25, 0.3) is 0 Å². The van der Waals surface area contributed by atoms with Crippen molar-refractivity contribution in [3.05, 3.63) is 11.3 Å². The summed E-state index contributed by atoms with van der Waals surface area (Å²) < 4.78 is 5.06. The summed E-state index contributed by atoms with van der Waals surface area (Å²) in [6.07, 6.45) is 0.326. The van der Waals surface area contributed by atoms with E-state index in [0.717, 1.165) is 0 Å². The minimum Gasteiger partial charge on any atom is -0.497 e. The Hall–Kier alpha value is -1.12. The van der Waals surface area contributed by atoms with Gasteiger partial charge in [-0.3, -0.25) is 9.59 Å². The molecule has 1 aliphatic heterocycles. The molecule has 0 amide bonds. The topological polar surface area (TPSA) is 43.4 Å². The summed E-state index contributed by atoms with van der Waals surface area (Å²) >= 11 is 0. The van der Waals surface area contributed by atoms with Crippen molar-refractivity contribution in [2.75, 3.05) is 6.61 Å². The highest BCUT2D eigenvalue weighted by Crippen LogP contribution is 2.15. The number of Topliss-reactive ketones (excluding diaryl/α,β-unsaturated/α-hetero) is 2. The van der Waals surface area contributed by atoms with Crippen LogP contribution in [0.4, 0.5) is 0 Å². The van der Waals surface area contributed by atoms with E-state index in [1.54, 1.807) is 6.92 Å². The van der Waals surface area contributed by atoms with Crippen molar-refractivity contribution in [3.63, 3.8) is 0 Å². The average Bonchev–Trinajstić information content (AvgIpc) is 1.85. The quantitative estimate of drug-likeness (QED) is 0.525. The molecular weight excluding hydrogens is 144 g/mol. The number of rotatable bonds is 1. The van der Waals surface area contributed by atoms with Gasteiger partial charge in [0.2, 0.25) is 0 Å². The average molecular weight is 154 g/mol. The molecule has 3 heteroatoms. The zero-order valence-corrected chi connectivity index (χ0v) is 6.64. The first-order valence-electron chi connectivity index (χ1n) is 3.50. The third-order valence-corrected chi connectivity index (χ3v) is 1.63. The van der Waals surface area contributed by atoms with Crippen molar-refractivity contribution in [1.29, 1.82) is 0 Å². The second kappa shape index (κ2) is 2.86. The number of carbonyl (C=O) groups excluding carboxylic acids is 2. The third kappa shape index (κ3) is 1.48. The summed E-state index contributed by atoms with van der Waals surface area (Å²) in [6.45, 7) is 3.43. The van der Waals surface area contributed by atoms with Crippen molar-refractivity contribution in [1.82, 2.24) is 0 Å². The Morgan fingerprint density at radius 3 is 2.55 bits per heavy atom. The maximum atomic E-state index is 11.1. The van der Waals surface area contributed by atoms with E-state index >= 15 is 0 Å². The Morgan fingerprint density at radius 2 is 2.18 bits per heavy atom. The minimum atomic E-state index is -0.202. The second-order valence-electron chi connectivity index (χ2n) is 2.51. The van der Waals surface area contributed by atoms with Crippen LogP contribution in [0.2, 0.25) is 0 Å². The van der Waals surface area contributed by atoms with Crippen molar-refractivity contribution < 1.29 is 14.3 Å². The first kappa shape index (κ1) is 7.98. The molecule has 0 fully saturated rings. The van der Waals surface area contributed by atoms with Gasteiger partial charge in [0, 0.05) is 6.42 Å². The van der Waals surface area contributed by atoms with Crippen LogP contribution in [0.1, 0.15) is 20.3 Å². The van der Waals surface area contributed by atoms with Gasteiger partial charge in [0.25, 0.3) is 0 Å². The van der Waals surface area contributed by atoms with Crippen LogP contribution in [-0.4, -0.2) is 18.2 Å². The first-order valence-corrected chi connectivity index (χ1v) is 3.50. The largest absolute Gasteiger partial charge is 0.497 e. The van der Waals surface area contributed by atoms with Crippen LogP contribution < -0.4 is 0 Å². The molecule has 1 rings (SSSR count). The predicted octanol–water partition coefficient (Wildman–Crippen LogP) is 0.839. The van der Waals surface area contributed by atoms with E-state index in [9.17, 15) is 9.59 Å². The highest BCUT2D eigenvalue weighted by molar-refractivity contribution is 6.19. The fourth-order valence-corrected chi connectivity index (χ4v) is 1.13. The number of ether oxygens (including phenoxy) is 1. The highest BCUT2D eigenvalue weighted by atomic mass is 16.5. The smallest absolute Gasteiger partial charge is 0.173 e. The van der Waals surface area contributed by atoms with Gasteiger partial charge in [-0.2, -0.15) is 0 Å². The summed E-state index contributed by atoms with van der Waals surface area (Å²) in [4.78, 5) is 21.9. The molecule has 0 unspecified atom stereocenters. The van der Waals surface area contributed by atoms with E-state index in [2.05, 4.69) is 0 Å². The van der Waals surface area contributed by atoms with Crippen LogP contribution in [-0.2, 0) is 14.3 Å². The van der Waals surface area contributed by atoms with E-state index in [4.69, 9.17) is 4.74 Å². The van der Waals surface area contributed by atoms with Crippen molar-refractivity contribution in [2.45, 2.75) is 20.3 Å². The molecule has 0 aromatic rings. The Labute approximate surface area is 65.0 Å². The molecule has 3 nitrogen and oxygen atoms in total. The Balaban J connectivity index is 3.01. The van der Waals surface area contributed by atoms with E-state index < -0.39 is 0 Å². The van der Waals surface area contributed by atoms with Crippen molar-refractivity contribution in [3.8, 4) is 0 Å². The molecule has 1 aliphatic rings. The molecular formula is C8H10O3. The lowest BCUT2D eigenvalue weighted by Crippen LogP contribution is -2.20. The Kier molecular flexibility index (Phi) is 2.08. The zero-order valence-electron chi connectivity index (χ0n) is 6.64. The van der Waals surface area contributed by atoms with Crippen LogP contribution in [0, 0.1) is 0 Å². The van der Waals surface area contributed by atoms with Crippen LogP contribution in [0.5, 0.6) is 0 Å². The highest BCUT2D eigenvalue weighted by Gasteiger charge is 2.22. The Bertz CT molecular complexity index is 238. The summed E-state index contributed by atoms with van der Waals surface area (Å²) in [5.41, 5.74) is 0.233. The van der Waals surface area contributed by atoms with Gasteiger partial charge in [0.15, 0.2) is 11.6 Å². The predicted molar refractivity (Wildman–Crippen MR) is 39.0 cm³/mol. The number of hydrogen-bond donors (Lipinski definition) is 0. The molecule has 0 radical (unpaired) electrons. The van der Waals surface area contributed by atoms with Crippen LogP contribution >= 0.6 is 0 Å². The lowest BCUT2D eigenvalue weighted by Gasteiger charge is -2.15. The molecule has 0 spiro atoms. The summed E-state index contributed by atoms with van der Waals surface area (Å²) in [7, 11) is 0. The van der Waals surface area contributed by atoms with Gasteiger partial charge >= 0.3 is 0 Å². The van der Waals surface area contributed by atoms with E-state index in [1.165, 1.54) is 6.92 Å². The summed E-state index contributed by atoms with van der Waals surface area (Å²) in [6, 6.07) is 0. The normalized spacial score (nSPS) is 18.2. The zero-order chi connectivity index (χ0) is 8.43. The van der Waals surface area contributed by atoms with Gasteiger partial charge in [-0.1, -0.05) is 0 Å². The molecule has 0 aromatic carbocycles. The lowest BCUT2D eigenvalue weighted by atomic mass is 10.0. The maximum absolute atomic E-state index is 11.1. The maximum Gasteiger partial charge on any atom is 0.173 e.